The first kappa shape index (κ1) is 13.1. The van der Waals surface area contributed by atoms with Crippen molar-refractivity contribution in [3.05, 3.63) is 57.0 Å². The molecule has 17 heavy (non-hydrogen) atoms. The van der Waals surface area contributed by atoms with Crippen LogP contribution in [0.25, 0.3) is 0 Å². The third kappa shape index (κ3) is 3.57. The van der Waals surface area contributed by atoms with Crippen LogP contribution in [0.2, 0.25) is 0 Å². The van der Waals surface area contributed by atoms with Gasteiger partial charge >= 0.3 is 0 Å². The minimum Gasteiger partial charge on any atom is -0.457 e. The van der Waals surface area contributed by atoms with E-state index in [2.05, 4.69) is 47.8 Å². The number of hydrogen-bond acceptors (Lipinski definition) is 1. The van der Waals surface area contributed by atoms with Crippen molar-refractivity contribution < 1.29 is 4.74 Å². The maximum absolute atomic E-state index is 5.86. The van der Waals surface area contributed by atoms with Gasteiger partial charge in [0, 0.05) is 19.8 Å². The molecule has 0 fully saturated rings. The fourth-order valence-corrected chi connectivity index (χ4v) is 2.63. The summed E-state index contributed by atoms with van der Waals surface area (Å²) >= 11 is 10.3. The Morgan fingerprint density at radius 1 is 0.941 bits per heavy atom. The molecule has 2 rings (SSSR count). The molecule has 0 spiro atoms. The van der Waals surface area contributed by atoms with Gasteiger partial charge in [-0.3, -0.25) is 0 Å². The van der Waals surface area contributed by atoms with Crippen molar-refractivity contribution in [2.75, 3.05) is 0 Å². The van der Waals surface area contributed by atoms with Gasteiger partial charge in [0.2, 0.25) is 0 Å². The molecule has 0 amide bonds. The molecule has 2 aromatic carbocycles. The van der Waals surface area contributed by atoms with Gasteiger partial charge in [-0.25, -0.2) is 0 Å². The van der Waals surface area contributed by atoms with Crippen LogP contribution in [0.3, 0.4) is 0 Å². The summed E-state index contributed by atoms with van der Waals surface area (Å²) in [6, 6.07) is 13.8. The highest BCUT2D eigenvalue weighted by Crippen LogP contribution is 2.30. The van der Waals surface area contributed by atoms with Crippen LogP contribution in [0.1, 0.15) is 5.56 Å². The molecule has 0 N–H and O–H groups in total. The number of rotatable bonds is 3. The lowest BCUT2D eigenvalue weighted by molar-refractivity contribution is 0.478. The SMILES string of the molecule is BrCc1cc(Br)ccc1Oc1cccc(Br)c1. The number of ether oxygens (including phenoxy) is 1. The number of hydrogen-bond donors (Lipinski definition) is 0. The van der Waals surface area contributed by atoms with E-state index < -0.39 is 0 Å². The number of alkyl halides is 1. The summed E-state index contributed by atoms with van der Waals surface area (Å²) in [5.74, 6) is 1.69. The van der Waals surface area contributed by atoms with Gasteiger partial charge in [0.1, 0.15) is 11.5 Å². The van der Waals surface area contributed by atoms with Gasteiger partial charge in [-0.05, 0) is 36.4 Å². The fraction of sp³-hybridized carbons (Fsp3) is 0.0769. The van der Waals surface area contributed by atoms with Crippen LogP contribution in [-0.2, 0) is 5.33 Å². The smallest absolute Gasteiger partial charge is 0.131 e. The Balaban J connectivity index is 2.29. The average molecular weight is 421 g/mol. The molecule has 0 aromatic heterocycles. The van der Waals surface area contributed by atoms with Gasteiger partial charge in [0.25, 0.3) is 0 Å². The van der Waals surface area contributed by atoms with Crippen LogP contribution < -0.4 is 4.74 Å². The topological polar surface area (TPSA) is 9.23 Å². The second kappa shape index (κ2) is 6.03. The lowest BCUT2D eigenvalue weighted by Gasteiger charge is -2.10. The highest BCUT2D eigenvalue weighted by Gasteiger charge is 2.05. The molecule has 0 atom stereocenters. The van der Waals surface area contributed by atoms with E-state index in [1.165, 1.54) is 0 Å². The van der Waals surface area contributed by atoms with Crippen LogP contribution in [-0.4, -0.2) is 0 Å². The Morgan fingerprint density at radius 2 is 1.71 bits per heavy atom. The quantitative estimate of drug-likeness (QED) is 0.562. The fourth-order valence-electron chi connectivity index (χ4n) is 1.41. The van der Waals surface area contributed by atoms with E-state index in [9.17, 15) is 0 Å². The minimum absolute atomic E-state index is 0.760. The van der Waals surface area contributed by atoms with Gasteiger partial charge in [-0.1, -0.05) is 53.9 Å². The minimum atomic E-state index is 0.760. The highest BCUT2D eigenvalue weighted by molar-refractivity contribution is 9.10. The van der Waals surface area contributed by atoms with E-state index in [1.54, 1.807) is 0 Å². The summed E-state index contributed by atoms with van der Waals surface area (Å²) in [6.45, 7) is 0. The lowest BCUT2D eigenvalue weighted by atomic mass is 10.2. The Hall–Kier alpha value is -0.320. The van der Waals surface area contributed by atoms with Crippen LogP contribution >= 0.6 is 47.8 Å². The molecule has 4 heteroatoms. The Bertz CT molecular complexity index is 526. The van der Waals surface area contributed by atoms with Crippen LogP contribution in [0.5, 0.6) is 11.5 Å². The number of halogens is 3. The summed E-state index contributed by atoms with van der Waals surface area (Å²) in [6.07, 6.45) is 0. The van der Waals surface area contributed by atoms with Crippen LogP contribution in [0.4, 0.5) is 0 Å². The molecule has 0 aliphatic rings. The maximum Gasteiger partial charge on any atom is 0.131 e. The molecule has 0 unspecified atom stereocenters. The van der Waals surface area contributed by atoms with Crippen molar-refractivity contribution >= 4 is 47.8 Å². The Kier molecular flexibility index (Phi) is 4.65. The van der Waals surface area contributed by atoms with Crippen LogP contribution in [0.15, 0.2) is 51.4 Å². The molecule has 1 nitrogen and oxygen atoms in total. The van der Waals surface area contributed by atoms with E-state index in [0.29, 0.717) is 0 Å². The summed E-state index contributed by atoms with van der Waals surface area (Å²) in [4.78, 5) is 0. The van der Waals surface area contributed by atoms with Crippen molar-refractivity contribution in [3.8, 4) is 11.5 Å². The largest absolute Gasteiger partial charge is 0.457 e. The van der Waals surface area contributed by atoms with Crippen molar-refractivity contribution in [1.29, 1.82) is 0 Å². The molecule has 88 valence electrons. The zero-order chi connectivity index (χ0) is 12.3. The molecule has 0 aliphatic heterocycles. The molecule has 0 saturated carbocycles. The third-order valence-electron chi connectivity index (χ3n) is 2.19. The van der Waals surface area contributed by atoms with E-state index in [0.717, 1.165) is 31.3 Å². The van der Waals surface area contributed by atoms with E-state index in [4.69, 9.17) is 4.74 Å². The van der Waals surface area contributed by atoms with Gasteiger partial charge in [-0.15, -0.1) is 0 Å². The first-order chi connectivity index (χ1) is 8.19. The van der Waals surface area contributed by atoms with E-state index in [1.807, 2.05) is 42.5 Å². The molecule has 0 bridgehead atoms. The van der Waals surface area contributed by atoms with Gasteiger partial charge in [-0.2, -0.15) is 0 Å². The summed E-state index contributed by atoms with van der Waals surface area (Å²) < 4.78 is 7.91. The van der Waals surface area contributed by atoms with Crippen LogP contribution in [0, 0.1) is 0 Å². The standard InChI is InChI=1S/C13H9Br3O/c14-8-9-6-11(16)4-5-13(9)17-12-3-1-2-10(15)7-12/h1-7H,8H2. The van der Waals surface area contributed by atoms with Gasteiger partial charge in [0.05, 0.1) is 0 Å². The van der Waals surface area contributed by atoms with E-state index >= 15 is 0 Å². The van der Waals surface area contributed by atoms with Gasteiger partial charge in [0.15, 0.2) is 0 Å². The summed E-state index contributed by atoms with van der Waals surface area (Å²) in [7, 11) is 0. The third-order valence-corrected chi connectivity index (χ3v) is 3.78. The number of benzene rings is 2. The zero-order valence-electron chi connectivity index (χ0n) is 8.79. The monoisotopic (exact) mass is 418 g/mol. The van der Waals surface area contributed by atoms with Crippen molar-refractivity contribution in [2.45, 2.75) is 5.33 Å². The normalized spacial score (nSPS) is 10.3. The molecule has 2 aromatic rings. The second-order valence-electron chi connectivity index (χ2n) is 3.45. The summed E-state index contributed by atoms with van der Waals surface area (Å²) in [5.41, 5.74) is 1.11. The predicted molar refractivity (Wildman–Crippen MR) is 81.0 cm³/mol. The molecular weight excluding hydrogens is 412 g/mol. The van der Waals surface area contributed by atoms with Crippen molar-refractivity contribution in [3.63, 3.8) is 0 Å². The first-order valence-corrected chi connectivity index (χ1v) is 7.67. The lowest BCUT2D eigenvalue weighted by Crippen LogP contribution is -1.89. The zero-order valence-corrected chi connectivity index (χ0v) is 13.5. The molecular formula is C13H9Br3O. The second-order valence-corrected chi connectivity index (χ2v) is 5.84. The molecule has 0 saturated heterocycles. The Morgan fingerprint density at radius 3 is 2.41 bits per heavy atom. The Labute approximate surface area is 126 Å². The average Bonchev–Trinajstić information content (AvgIpc) is 2.31. The first-order valence-electron chi connectivity index (χ1n) is 4.97. The summed E-state index contributed by atoms with van der Waals surface area (Å²) in [5, 5.41) is 0.760. The molecule has 0 radical (unpaired) electrons. The maximum atomic E-state index is 5.86. The molecule has 0 aliphatic carbocycles. The van der Waals surface area contributed by atoms with E-state index in [-0.39, 0.29) is 0 Å². The van der Waals surface area contributed by atoms with Crippen molar-refractivity contribution in [1.82, 2.24) is 0 Å². The molecule has 0 heterocycles. The highest BCUT2D eigenvalue weighted by atomic mass is 79.9. The predicted octanol–water partition coefficient (Wildman–Crippen LogP) is 5.90. The van der Waals surface area contributed by atoms with Gasteiger partial charge < -0.3 is 4.74 Å². The van der Waals surface area contributed by atoms with Crippen molar-refractivity contribution in [2.24, 2.45) is 0 Å².